The van der Waals surface area contributed by atoms with E-state index in [0.29, 0.717) is 0 Å². The van der Waals surface area contributed by atoms with Crippen LogP contribution in [0.1, 0.15) is 56.9 Å². The van der Waals surface area contributed by atoms with E-state index in [1.54, 1.807) is 0 Å². The molecule has 0 fully saturated rings. The first-order chi connectivity index (χ1) is 11.0. The zero-order valence-corrected chi connectivity index (χ0v) is 16.3. The average Bonchev–Trinajstić information content (AvgIpc) is 2.78. The molecule has 0 amide bonds. The summed E-state index contributed by atoms with van der Waals surface area (Å²) in [7, 11) is 0. The lowest BCUT2D eigenvalue weighted by molar-refractivity contribution is 0.660. The first-order valence-corrected chi connectivity index (χ1v) is 9.03. The van der Waals surface area contributed by atoms with Crippen LogP contribution in [-0.2, 0) is 5.41 Å². The highest BCUT2D eigenvalue weighted by Gasteiger charge is 2.37. The van der Waals surface area contributed by atoms with Gasteiger partial charge in [-0.2, -0.15) is 0 Å². The summed E-state index contributed by atoms with van der Waals surface area (Å²) in [6.45, 7) is 14.7. The maximum atomic E-state index is 3.99. The molecule has 23 heavy (non-hydrogen) atoms. The molecule has 3 rings (SSSR count). The van der Waals surface area contributed by atoms with Crippen molar-refractivity contribution in [2.24, 2.45) is 0 Å². The van der Waals surface area contributed by atoms with Crippen LogP contribution in [0, 0.1) is 0 Å². The molecule has 2 aromatic carbocycles. The van der Waals surface area contributed by atoms with Crippen LogP contribution in [0.5, 0.6) is 0 Å². The van der Waals surface area contributed by atoms with Gasteiger partial charge in [0.1, 0.15) is 0 Å². The maximum Gasteiger partial charge on any atom is 0.0257 e. The summed E-state index contributed by atoms with van der Waals surface area (Å²) in [5, 5.41) is 0. The molecule has 0 heterocycles. The van der Waals surface area contributed by atoms with E-state index in [1.165, 1.54) is 33.4 Å². The predicted octanol–water partition coefficient (Wildman–Crippen LogP) is 7.46. The van der Waals surface area contributed by atoms with Gasteiger partial charge in [-0.25, -0.2) is 0 Å². The molecule has 0 saturated heterocycles. The minimum atomic E-state index is 0.0322. The molecule has 0 saturated carbocycles. The lowest BCUT2D eigenvalue weighted by Crippen LogP contribution is -2.15. The molecule has 1 aliphatic rings. The molecule has 0 bridgehead atoms. The van der Waals surface area contributed by atoms with Crippen LogP contribution in [0.3, 0.4) is 0 Å². The van der Waals surface area contributed by atoms with Gasteiger partial charge in [-0.05, 0) is 46.4 Å². The van der Waals surface area contributed by atoms with Gasteiger partial charge >= 0.3 is 0 Å². The van der Waals surface area contributed by atoms with Crippen molar-refractivity contribution in [1.82, 2.24) is 0 Å². The second-order valence-corrected chi connectivity index (χ2v) is 6.84. The molecule has 1 heteroatoms. The molecular formula is C22H25Br. The number of hydrogen-bond acceptors (Lipinski definition) is 0. The Balaban J connectivity index is 0.000000924. The molecule has 120 valence electrons. The van der Waals surface area contributed by atoms with E-state index in [0.717, 1.165) is 4.47 Å². The summed E-state index contributed by atoms with van der Waals surface area (Å²) >= 11 is 3.72. The second-order valence-electron chi connectivity index (χ2n) is 5.98. The normalized spacial score (nSPS) is 14.0. The van der Waals surface area contributed by atoms with E-state index < -0.39 is 0 Å². The molecule has 2 aromatic rings. The van der Waals surface area contributed by atoms with Crippen molar-refractivity contribution < 1.29 is 0 Å². The zero-order valence-electron chi connectivity index (χ0n) is 14.7. The molecule has 0 radical (unpaired) electrons. The van der Waals surface area contributed by atoms with Crippen molar-refractivity contribution in [2.45, 2.75) is 40.0 Å². The van der Waals surface area contributed by atoms with E-state index in [-0.39, 0.29) is 5.41 Å². The summed E-state index contributed by atoms with van der Waals surface area (Å²) in [5.74, 6) is 0. The number of rotatable bonds is 2. The van der Waals surface area contributed by atoms with Crippen LogP contribution < -0.4 is 0 Å². The van der Waals surface area contributed by atoms with Gasteiger partial charge in [0.25, 0.3) is 0 Å². The third-order valence-corrected chi connectivity index (χ3v) is 5.09. The van der Waals surface area contributed by atoms with Crippen molar-refractivity contribution in [3.05, 3.63) is 69.7 Å². The minimum Gasteiger partial charge on any atom is -0.0984 e. The highest BCUT2D eigenvalue weighted by Crippen LogP contribution is 2.52. The molecule has 0 atom stereocenters. The van der Waals surface area contributed by atoms with Gasteiger partial charge in [-0.1, -0.05) is 92.7 Å². The largest absolute Gasteiger partial charge is 0.0984 e. The number of allylic oxidation sites excluding steroid dienone is 1. The van der Waals surface area contributed by atoms with E-state index in [1.807, 2.05) is 19.9 Å². The van der Waals surface area contributed by atoms with Crippen molar-refractivity contribution in [1.29, 1.82) is 0 Å². The quantitative estimate of drug-likeness (QED) is 0.515. The lowest BCUT2D eigenvalue weighted by Gasteiger charge is -2.22. The van der Waals surface area contributed by atoms with Gasteiger partial charge in [-0.15, -0.1) is 0 Å². The third-order valence-electron chi connectivity index (χ3n) is 4.44. The Bertz CT molecular complexity index is 764. The third kappa shape index (κ3) is 2.72. The van der Waals surface area contributed by atoms with Crippen LogP contribution in [0.25, 0.3) is 23.3 Å². The first-order valence-electron chi connectivity index (χ1n) is 8.24. The summed E-state index contributed by atoms with van der Waals surface area (Å²) in [6.07, 6.45) is 6.23. The Kier molecular flexibility index (Phi) is 5.31. The summed E-state index contributed by atoms with van der Waals surface area (Å²) in [6, 6.07) is 11.0. The standard InChI is InChI=1S/C20H19Br.C2H6/c1-5-9-14-13(6-2)18(21)12-17-19(14)15-10-7-8-11-16(15)20(17,3)4;1-2/h5-12H,2H2,1,3-4H3;1-2H3/b9-5-;. The molecule has 0 unspecified atom stereocenters. The van der Waals surface area contributed by atoms with Crippen molar-refractivity contribution in [2.75, 3.05) is 0 Å². The Labute approximate surface area is 149 Å². The number of halogens is 1. The highest BCUT2D eigenvalue weighted by atomic mass is 79.9. The Hall–Kier alpha value is -1.60. The SMILES string of the molecule is C=Cc1c(Br)cc2c(c1/C=C\C)-c1ccccc1C2(C)C.CC. The maximum absolute atomic E-state index is 3.99. The van der Waals surface area contributed by atoms with Crippen LogP contribution in [0.15, 0.2) is 47.5 Å². The molecule has 0 nitrogen and oxygen atoms in total. The fourth-order valence-electron chi connectivity index (χ4n) is 3.41. The molecular weight excluding hydrogens is 344 g/mol. The van der Waals surface area contributed by atoms with Crippen LogP contribution in [0.2, 0.25) is 0 Å². The monoisotopic (exact) mass is 368 g/mol. The highest BCUT2D eigenvalue weighted by molar-refractivity contribution is 9.10. The fourth-order valence-corrected chi connectivity index (χ4v) is 4.01. The molecule has 0 aromatic heterocycles. The van der Waals surface area contributed by atoms with Crippen LogP contribution in [0.4, 0.5) is 0 Å². The molecule has 0 N–H and O–H groups in total. The van der Waals surface area contributed by atoms with E-state index >= 15 is 0 Å². The van der Waals surface area contributed by atoms with Gasteiger partial charge in [0.05, 0.1) is 0 Å². The van der Waals surface area contributed by atoms with Gasteiger partial charge in [0, 0.05) is 9.89 Å². The van der Waals surface area contributed by atoms with Gasteiger partial charge in [-0.3, -0.25) is 0 Å². The average molecular weight is 369 g/mol. The Morgan fingerprint density at radius 1 is 1.04 bits per heavy atom. The van der Waals surface area contributed by atoms with Crippen molar-refractivity contribution in [3.8, 4) is 11.1 Å². The number of hydrogen-bond donors (Lipinski definition) is 0. The molecule has 0 spiro atoms. The second kappa shape index (κ2) is 6.88. The number of fused-ring (bicyclic) bond motifs is 3. The van der Waals surface area contributed by atoms with E-state index in [4.69, 9.17) is 0 Å². The van der Waals surface area contributed by atoms with Crippen molar-refractivity contribution >= 4 is 28.1 Å². The fraction of sp³-hybridized carbons (Fsp3) is 0.273. The zero-order chi connectivity index (χ0) is 17.2. The molecule has 1 aliphatic carbocycles. The Morgan fingerprint density at radius 2 is 1.70 bits per heavy atom. The smallest absolute Gasteiger partial charge is 0.0257 e. The van der Waals surface area contributed by atoms with E-state index in [2.05, 4.69) is 85.8 Å². The summed E-state index contributed by atoms with van der Waals surface area (Å²) < 4.78 is 1.12. The molecule has 0 aliphatic heterocycles. The number of benzene rings is 2. The first kappa shape index (κ1) is 17.7. The minimum absolute atomic E-state index is 0.0322. The van der Waals surface area contributed by atoms with Crippen molar-refractivity contribution in [3.63, 3.8) is 0 Å². The lowest BCUT2D eigenvalue weighted by atomic mass is 9.81. The van der Waals surface area contributed by atoms with Gasteiger partial charge in [0.2, 0.25) is 0 Å². The summed E-state index contributed by atoms with van der Waals surface area (Å²) in [5.41, 5.74) is 7.94. The van der Waals surface area contributed by atoms with Crippen LogP contribution in [-0.4, -0.2) is 0 Å². The summed E-state index contributed by atoms with van der Waals surface area (Å²) in [4.78, 5) is 0. The van der Waals surface area contributed by atoms with Gasteiger partial charge in [0.15, 0.2) is 0 Å². The van der Waals surface area contributed by atoms with E-state index in [9.17, 15) is 0 Å². The van der Waals surface area contributed by atoms with Crippen LogP contribution >= 0.6 is 15.9 Å². The predicted molar refractivity (Wildman–Crippen MR) is 108 cm³/mol. The van der Waals surface area contributed by atoms with Gasteiger partial charge < -0.3 is 0 Å². The Morgan fingerprint density at radius 3 is 2.30 bits per heavy atom. The topological polar surface area (TPSA) is 0 Å².